The minimum atomic E-state index is -3.37. The Morgan fingerprint density at radius 1 is 1.19 bits per heavy atom. The zero-order valence-electron chi connectivity index (χ0n) is 16.4. The Kier molecular flexibility index (Phi) is 6.17. The molecule has 1 aromatic carbocycles. The average Bonchev–Trinajstić information content (AvgIpc) is 3.10. The second kappa shape index (κ2) is 8.40. The third kappa shape index (κ3) is 5.08. The molecule has 5 nitrogen and oxygen atoms in total. The average molecular weight is 388 g/mol. The lowest BCUT2D eigenvalue weighted by molar-refractivity contribution is 0.252. The highest BCUT2D eigenvalue weighted by Gasteiger charge is 2.27. The molecule has 0 unspecified atom stereocenters. The number of hydrogen-bond acceptors (Lipinski definition) is 3. The van der Waals surface area contributed by atoms with E-state index in [9.17, 15) is 8.42 Å². The number of benzene rings is 1. The maximum Gasteiger partial charge on any atom is 0.236 e. The fourth-order valence-corrected chi connectivity index (χ4v) is 4.75. The minimum Gasteiger partial charge on any atom is -0.334 e. The molecule has 2 heterocycles. The van der Waals surface area contributed by atoms with Crippen molar-refractivity contribution < 1.29 is 8.42 Å². The first-order valence-corrected chi connectivity index (χ1v) is 11.1. The van der Waals surface area contributed by atoms with Crippen LogP contribution in [-0.2, 0) is 16.6 Å². The maximum absolute atomic E-state index is 12.6. The van der Waals surface area contributed by atoms with Gasteiger partial charge in [0.1, 0.15) is 5.82 Å². The van der Waals surface area contributed by atoms with Crippen LogP contribution in [0, 0.1) is 12.8 Å². The van der Waals surface area contributed by atoms with Gasteiger partial charge in [0.15, 0.2) is 0 Å². The quantitative estimate of drug-likeness (QED) is 0.752. The summed E-state index contributed by atoms with van der Waals surface area (Å²) < 4.78 is 29.1. The van der Waals surface area contributed by atoms with Gasteiger partial charge in [0.25, 0.3) is 0 Å². The summed E-state index contributed by atoms with van der Waals surface area (Å²) >= 11 is 0. The Hall–Kier alpha value is -1.92. The smallest absolute Gasteiger partial charge is 0.236 e. The summed E-state index contributed by atoms with van der Waals surface area (Å²) in [4.78, 5) is 4.44. The van der Waals surface area contributed by atoms with Gasteiger partial charge in [-0.05, 0) is 37.3 Å². The van der Waals surface area contributed by atoms with Crippen LogP contribution in [0.4, 0.5) is 0 Å². The second-order valence-corrected chi connectivity index (χ2v) is 9.51. The minimum absolute atomic E-state index is 0.396. The Morgan fingerprint density at radius 2 is 1.85 bits per heavy atom. The summed E-state index contributed by atoms with van der Waals surface area (Å²) in [6.45, 7) is 8.39. The fourth-order valence-electron chi connectivity index (χ4n) is 3.53. The van der Waals surface area contributed by atoms with Gasteiger partial charge in [0.2, 0.25) is 10.0 Å². The Bertz CT molecular complexity index is 874. The van der Waals surface area contributed by atoms with Gasteiger partial charge in [-0.1, -0.05) is 43.7 Å². The molecule has 27 heavy (non-hydrogen) atoms. The number of imidazole rings is 1. The highest BCUT2D eigenvalue weighted by Crippen LogP contribution is 2.24. The van der Waals surface area contributed by atoms with E-state index in [1.807, 2.05) is 43.6 Å². The summed E-state index contributed by atoms with van der Waals surface area (Å²) in [6, 6.07) is 7.84. The SMILES string of the molecule is Cc1ccc(/C=C/S(=O)(=O)N2CCC(Cn3ccnc3C(C)C)CC2)cc1. The lowest BCUT2D eigenvalue weighted by Crippen LogP contribution is -2.38. The van der Waals surface area contributed by atoms with E-state index in [0.717, 1.165) is 36.3 Å². The van der Waals surface area contributed by atoms with Crippen molar-refractivity contribution >= 4 is 16.1 Å². The number of hydrogen-bond donors (Lipinski definition) is 0. The van der Waals surface area contributed by atoms with Crippen LogP contribution in [0.5, 0.6) is 0 Å². The van der Waals surface area contributed by atoms with Gasteiger partial charge in [-0.3, -0.25) is 0 Å². The predicted octanol–water partition coefficient (Wildman–Crippen LogP) is 4.03. The van der Waals surface area contributed by atoms with E-state index in [-0.39, 0.29) is 0 Å². The van der Waals surface area contributed by atoms with Gasteiger partial charge < -0.3 is 4.57 Å². The van der Waals surface area contributed by atoms with E-state index in [1.54, 1.807) is 10.4 Å². The number of rotatable bonds is 6. The number of nitrogens with zero attached hydrogens (tertiary/aromatic N) is 3. The normalized spacial score (nSPS) is 17.2. The summed E-state index contributed by atoms with van der Waals surface area (Å²) in [6.07, 6.45) is 7.33. The lowest BCUT2D eigenvalue weighted by atomic mass is 9.98. The van der Waals surface area contributed by atoms with E-state index in [2.05, 4.69) is 23.4 Å². The van der Waals surface area contributed by atoms with Crippen molar-refractivity contribution in [2.45, 2.75) is 46.1 Å². The van der Waals surface area contributed by atoms with Crippen molar-refractivity contribution in [3.8, 4) is 0 Å². The predicted molar refractivity (Wildman–Crippen MR) is 110 cm³/mol. The number of piperidine rings is 1. The first kappa shape index (κ1) is 19.8. The molecule has 1 aliphatic heterocycles. The molecule has 3 rings (SSSR count). The molecule has 2 aromatic rings. The summed E-state index contributed by atoms with van der Waals surface area (Å²) in [5, 5.41) is 1.34. The summed E-state index contributed by atoms with van der Waals surface area (Å²) in [7, 11) is -3.37. The molecule has 6 heteroatoms. The molecule has 0 atom stereocenters. The van der Waals surface area contributed by atoms with E-state index in [1.165, 1.54) is 5.41 Å². The second-order valence-electron chi connectivity index (χ2n) is 7.69. The molecule has 0 saturated carbocycles. The standard InChI is InChI=1S/C21H29N3O2S/c1-17(2)21-22-11-14-23(21)16-20-8-12-24(13-9-20)27(25,26)15-10-19-6-4-18(3)5-7-19/h4-7,10-11,14-15,17,20H,8-9,12-13,16H2,1-3H3/b15-10+. The van der Waals surface area contributed by atoms with Crippen LogP contribution in [-0.4, -0.2) is 35.4 Å². The molecule has 0 aliphatic carbocycles. The topological polar surface area (TPSA) is 55.2 Å². The van der Waals surface area contributed by atoms with Crippen molar-refractivity contribution in [1.82, 2.24) is 13.9 Å². The van der Waals surface area contributed by atoms with Crippen LogP contribution in [0.2, 0.25) is 0 Å². The monoisotopic (exact) mass is 387 g/mol. The van der Waals surface area contributed by atoms with Crippen LogP contribution in [0.25, 0.3) is 6.08 Å². The molecular weight excluding hydrogens is 358 g/mol. The Labute approximate surface area is 162 Å². The van der Waals surface area contributed by atoms with Gasteiger partial charge in [0, 0.05) is 43.4 Å². The largest absolute Gasteiger partial charge is 0.334 e. The lowest BCUT2D eigenvalue weighted by Gasteiger charge is -2.31. The molecule has 0 amide bonds. The van der Waals surface area contributed by atoms with Crippen molar-refractivity contribution in [2.24, 2.45) is 5.92 Å². The number of aromatic nitrogens is 2. The summed E-state index contributed by atoms with van der Waals surface area (Å²) in [5.74, 6) is 1.99. The van der Waals surface area contributed by atoms with Gasteiger partial charge in [0.05, 0.1) is 0 Å². The Balaban J connectivity index is 1.57. The van der Waals surface area contributed by atoms with E-state index >= 15 is 0 Å². The van der Waals surface area contributed by atoms with Gasteiger partial charge in [-0.2, -0.15) is 4.31 Å². The molecule has 146 valence electrons. The van der Waals surface area contributed by atoms with Crippen molar-refractivity contribution in [2.75, 3.05) is 13.1 Å². The van der Waals surface area contributed by atoms with E-state index in [4.69, 9.17) is 0 Å². The number of sulfonamides is 1. The molecule has 0 N–H and O–H groups in total. The molecule has 1 aliphatic rings. The van der Waals surface area contributed by atoms with Gasteiger partial charge >= 0.3 is 0 Å². The third-order valence-electron chi connectivity index (χ3n) is 5.16. The molecule has 0 bridgehead atoms. The molecule has 1 aromatic heterocycles. The van der Waals surface area contributed by atoms with Gasteiger partial charge in [-0.15, -0.1) is 0 Å². The molecular formula is C21H29N3O2S. The first-order valence-electron chi connectivity index (χ1n) is 9.61. The molecule has 1 saturated heterocycles. The Morgan fingerprint density at radius 3 is 2.48 bits per heavy atom. The van der Waals surface area contributed by atoms with Crippen LogP contribution in [0.1, 0.15) is 49.6 Å². The maximum atomic E-state index is 12.6. The highest BCUT2D eigenvalue weighted by atomic mass is 32.2. The first-order chi connectivity index (χ1) is 12.8. The van der Waals surface area contributed by atoms with E-state index < -0.39 is 10.0 Å². The van der Waals surface area contributed by atoms with Crippen LogP contribution < -0.4 is 0 Å². The third-order valence-corrected chi connectivity index (χ3v) is 6.73. The molecule has 1 fully saturated rings. The van der Waals surface area contributed by atoms with Crippen molar-refractivity contribution in [1.29, 1.82) is 0 Å². The van der Waals surface area contributed by atoms with Crippen LogP contribution in [0.3, 0.4) is 0 Å². The summed E-state index contributed by atoms with van der Waals surface area (Å²) in [5.41, 5.74) is 2.07. The van der Waals surface area contributed by atoms with Gasteiger partial charge in [-0.25, -0.2) is 13.4 Å². The molecule has 0 radical (unpaired) electrons. The highest BCUT2D eigenvalue weighted by molar-refractivity contribution is 7.92. The van der Waals surface area contributed by atoms with E-state index in [0.29, 0.717) is 24.9 Å². The fraction of sp³-hybridized carbons (Fsp3) is 0.476. The molecule has 0 spiro atoms. The van der Waals surface area contributed by atoms with Crippen LogP contribution in [0.15, 0.2) is 42.1 Å². The zero-order valence-corrected chi connectivity index (χ0v) is 17.2. The van der Waals surface area contributed by atoms with Crippen molar-refractivity contribution in [3.63, 3.8) is 0 Å². The van der Waals surface area contributed by atoms with Crippen molar-refractivity contribution in [3.05, 3.63) is 59.0 Å². The number of aryl methyl sites for hydroxylation is 1. The van der Waals surface area contributed by atoms with Crippen LogP contribution >= 0.6 is 0 Å². The zero-order chi connectivity index (χ0) is 19.4.